The molecule has 0 bridgehead atoms. The van der Waals surface area contributed by atoms with Crippen LogP contribution < -0.4 is 4.74 Å². The van der Waals surface area contributed by atoms with Crippen molar-refractivity contribution in [3.63, 3.8) is 0 Å². The third-order valence-electron chi connectivity index (χ3n) is 4.15. The van der Waals surface area contributed by atoms with Crippen molar-refractivity contribution >= 4 is 0 Å². The van der Waals surface area contributed by atoms with Gasteiger partial charge in [0, 0.05) is 12.1 Å². The first-order chi connectivity index (χ1) is 11.2. The Bertz CT molecular complexity index is 694. The lowest BCUT2D eigenvalue weighted by molar-refractivity contribution is -0.281. The predicted octanol–water partition coefficient (Wildman–Crippen LogP) is 3.84. The molecule has 1 aliphatic carbocycles. The van der Waals surface area contributed by atoms with E-state index in [4.69, 9.17) is 9.57 Å². The molecule has 0 radical (unpaired) electrons. The van der Waals surface area contributed by atoms with Crippen molar-refractivity contribution in [3.05, 3.63) is 72.4 Å². The van der Waals surface area contributed by atoms with Gasteiger partial charge in [0.05, 0.1) is 6.54 Å². The first kappa shape index (κ1) is 14.3. The van der Waals surface area contributed by atoms with Gasteiger partial charge in [-0.2, -0.15) is 0 Å². The topological polar surface area (TPSA) is 41.9 Å². The van der Waals surface area contributed by atoms with Crippen LogP contribution in [0.3, 0.4) is 0 Å². The van der Waals surface area contributed by atoms with Gasteiger partial charge in [-0.05, 0) is 48.7 Å². The van der Waals surface area contributed by atoms with Crippen LogP contribution in [-0.4, -0.2) is 16.0 Å². The van der Waals surface area contributed by atoms with Gasteiger partial charge in [-0.25, -0.2) is 4.84 Å². The van der Waals surface area contributed by atoms with Crippen molar-refractivity contribution in [3.8, 4) is 11.5 Å². The van der Waals surface area contributed by atoms with Crippen LogP contribution in [0.4, 0.5) is 0 Å². The molecule has 1 fully saturated rings. The fourth-order valence-corrected chi connectivity index (χ4v) is 2.70. The summed E-state index contributed by atoms with van der Waals surface area (Å²) >= 11 is 0. The van der Waals surface area contributed by atoms with Crippen LogP contribution in [0.15, 0.2) is 66.9 Å². The minimum Gasteiger partial charge on any atom is -0.457 e. The second kappa shape index (κ2) is 5.72. The molecular weight excluding hydrogens is 290 g/mol. The first-order valence-corrected chi connectivity index (χ1v) is 7.91. The van der Waals surface area contributed by atoms with Gasteiger partial charge in [0.1, 0.15) is 11.5 Å². The summed E-state index contributed by atoms with van der Waals surface area (Å²) in [6.07, 6.45) is 5.62. The van der Waals surface area contributed by atoms with Crippen molar-refractivity contribution in [2.75, 3.05) is 0 Å². The molecule has 0 saturated heterocycles. The summed E-state index contributed by atoms with van der Waals surface area (Å²) < 4.78 is 5.78. The van der Waals surface area contributed by atoms with Crippen molar-refractivity contribution in [1.82, 2.24) is 5.06 Å². The second-order valence-electron chi connectivity index (χ2n) is 6.07. The van der Waals surface area contributed by atoms with Gasteiger partial charge in [-0.1, -0.05) is 30.3 Å². The zero-order valence-electron chi connectivity index (χ0n) is 12.8. The Morgan fingerprint density at radius 2 is 1.74 bits per heavy atom. The normalized spacial score (nSPS) is 23.3. The molecule has 2 aliphatic rings. The van der Waals surface area contributed by atoms with Gasteiger partial charge in [-0.3, -0.25) is 5.06 Å². The van der Waals surface area contributed by atoms with Crippen molar-refractivity contribution < 1.29 is 14.7 Å². The number of benzene rings is 2. The van der Waals surface area contributed by atoms with E-state index in [-0.39, 0.29) is 5.92 Å². The highest BCUT2D eigenvalue weighted by atomic mass is 16.8. The zero-order valence-corrected chi connectivity index (χ0v) is 12.8. The fraction of sp³-hybridized carbons (Fsp3) is 0.263. The minimum absolute atomic E-state index is 0.241. The van der Waals surface area contributed by atoms with Crippen LogP contribution in [-0.2, 0) is 11.4 Å². The monoisotopic (exact) mass is 309 g/mol. The molecule has 0 spiro atoms. The van der Waals surface area contributed by atoms with E-state index in [0.717, 1.165) is 29.9 Å². The van der Waals surface area contributed by atoms with Crippen molar-refractivity contribution in [2.45, 2.75) is 25.2 Å². The Labute approximate surface area is 135 Å². The Morgan fingerprint density at radius 3 is 2.43 bits per heavy atom. The molecule has 0 amide bonds. The van der Waals surface area contributed by atoms with E-state index in [1.807, 2.05) is 60.8 Å². The van der Waals surface area contributed by atoms with E-state index < -0.39 is 5.79 Å². The number of hydroxylamine groups is 2. The summed E-state index contributed by atoms with van der Waals surface area (Å²) in [7, 11) is 0. The molecule has 1 saturated carbocycles. The summed E-state index contributed by atoms with van der Waals surface area (Å²) in [4.78, 5) is 5.65. The third-order valence-corrected chi connectivity index (χ3v) is 4.15. The third kappa shape index (κ3) is 3.23. The number of para-hydroxylation sites is 1. The van der Waals surface area contributed by atoms with Crippen LogP contribution in [0.5, 0.6) is 11.5 Å². The largest absolute Gasteiger partial charge is 0.457 e. The molecule has 1 atom stereocenters. The van der Waals surface area contributed by atoms with E-state index >= 15 is 0 Å². The Hall–Kier alpha value is -2.30. The second-order valence-corrected chi connectivity index (χ2v) is 6.07. The number of aliphatic hydroxyl groups is 1. The summed E-state index contributed by atoms with van der Waals surface area (Å²) in [6, 6.07) is 17.6. The molecule has 2 aromatic carbocycles. The zero-order chi connectivity index (χ0) is 15.7. The number of hydrogen-bond donors (Lipinski definition) is 1. The molecule has 1 unspecified atom stereocenters. The Balaban J connectivity index is 1.36. The van der Waals surface area contributed by atoms with Crippen LogP contribution in [0, 0.1) is 5.92 Å². The van der Waals surface area contributed by atoms with E-state index in [9.17, 15) is 5.11 Å². The maximum atomic E-state index is 10.3. The van der Waals surface area contributed by atoms with Gasteiger partial charge >= 0.3 is 0 Å². The average molecular weight is 309 g/mol. The van der Waals surface area contributed by atoms with E-state index in [0.29, 0.717) is 6.54 Å². The Morgan fingerprint density at radius 1 is 1.04 bits per heavy atom. The van der Waals surface area contributed by atoms with Crippen molar-refractivity contribution in [1.29, 1.82) is 0 Å². The van der Waals surface area contributed by atoms with Crippen LogP contribution in [0.1, 0.15) is 18.4 Å². The van der Waals surface area contributed by atoms with Gasteiger partial charge in [-0.15, -0.1) is 0 Å². The number of ether oxygens (including phenoxy) is 1. The molecule has 1 N–H and O–H groups in total. The van der Waals surface area contributed by atoms with Gasteiger partial charge in [0.15, 0.2) is 0 Å². The SMILES string of the molecule is OC1(C2CC2)C=CN(Cc2ccc(Oc3ccccc3)cc2)O1. The lowest BCUT2D eigenvalue weighted by Crippen LogP contribution is -2.33. The summed E-state index contributed by atoms with van der Waals surface area (Å²) in [5.41, 5.74) is 1.09. The highest BCUT2D eigenvalue weighted by Crippen LogP contribution is 2.44. The maximum absolute atomic E-state index is 10.3. The molecule has 1 heterocycles. The summed E-state index contributed by atoms with van der Waals surface area (Å²) in [6.45, 7) is 0.594. The first-order valence-electron chi connectivity index (χ1n) is 7.91. The number of rotatable bonds is 5. The van der Waals surface area contributed by atoms with E-state index in [1.165, 1.54) is 0 Å². The highest BCUT2D eigenvalue weighted by Gasteiger charge is 2.47. The maximum Gasteiger partial charge on any atom is 0.215 e. The summed E-state index contributed by atoms with van der Waals surface area (Å²) in [5.74, 6) is 0.759. The van der Waals surface area contributed by atoms with E-state index in [1.54, 1.807) is 11.1 Å². The average Bonchev–Trinajstić information content (AvgIpc) is 3.36. The molecule has 0 aromatic heterocycles. The molecule has 4 heteroatoms. The standard InChI is InChI=1S/C19H19NO3/c21-19(16-8-9-16)12-13-20(23-19)14-15-6-10-18(11-7-15)22-17-4-2-1-3-5-17/h1-7,10-13,16,21H,8-9,14H2. The molecule has 4 nitrogen and oxygen atoms in total. The number of hydrogen-bond acceptors (Lipinski definition) is 4. The van der Waals surface area contributed by atoms with Crippen LogP contribution in [0.25, 0.3) is 0 Å². The number of nitrogens with zero attached hydrogens (tertiary/aromatic N) is 1. The summed E-state index contributed by atoms with van der Waals surface area (Å²) in [5, 5.41) is 12.0. The van der Waals surface area contributed by atoms with Crippen LogP contribution in [0.2, 0.25) is 0 Å². The molecule has 4 rings (SSSR count). The predicted molar refractivity (Wildman–Crippen MR) is 86.4 cm³/mol. The minimum atomic E-state index is -1.10. The van der Waals surface area contributed by atoms with Crippen molar-refractivity contribution in [2.24, 2.45) is 5.92 Å². The molecule has 23 heavy (non-hydrogen) atoms. The van der Waals surface area contributed by atoms with Gasteiger partial charge < -0.3 is 9.84 Å². The molecule has 1 aliphatic heterocycles. The van der Waals surface area contributed by atoms with Crippen LogP contribution >= 0.6 is 0 Å². The Kier molecular flexibility index (Phi) is 3.56. The fourth-order valence-electron chi connectivity index (χ4n) is 2.70. The van der Waals surface area contributed by atoms with Gasteiger partial charge in [0.2, 0.25) is 5.79 Å². The van der Waals surface area contributed by atoms with Gasteiger partial charge in [0.25, 0.3) is 0 Å². The lowest BCUT2D eigenvalue weighted by Gasteiger charge is -2.24. The molecule has 2 aromatic rings. The molecular formula is C19H19NO3. The van der Waals surface area contributed by atoms with E-state index in [2.05, 4.69) is 0 Å². The molecule has 118 valence electrons. The highest BCUT2D eigenvalue weighted by molar-refractivity contribution is 5.33. The lowest BCUT2D eigenvalue weighted by atomic mass is 10.2. The smallest absolute Gasteiger partial charge is 0.215 e. The quantitative estimate of drug-likeness (QED) is 0.911.